The highest BCUT2D eigenvalue weighted by molar-refractivity contribution is 6.16. The predicted octanol–water partition coefficient (Wildman–Crippen LogP) is -2.76. The lowest BCUT2D eigenvalue weighted by Gasteiger charge is -2.14. The number of carbonyl (C=O) groups excluding carboxylic acids is 3. The highest BCUT2D eigenvalue weighted by Crippen LogP contribution is 2.23. The van der Waals surface area contributed by atoms with Gasteiger partial charge in [0.1, 0.15) is 12.1 Å². The molecule has 0 atom stereocenters. The van der Waals surface area contributed by atoms with Crippen molar-refractivity contribution in [3.8, 4) is 12.1 Å². The SMILES string of the molecule is N#Cc1cc(C#N)c(C(=O)NN)c(C(=O)NN)c1C(=O)NN. The minimum atomic E-state index is -1.08. The van der Waals surface area contributed by atoms with Crippen molar-refractivity contribution in [1.29, 1.82) is 10.5 Å². The van der Waals surface area contributed by atoms with E-state index in [0.717, 1.165) is 6.07 Å². The van der Waals surface area contributed by atoms with E-state index in [-0.39, 0.29) is 11.1 Å². The summed E-state index contributed by atoms with van der Waals surface area (Å²) in [6.07, 6.45) is 0. The number of hydrogen-bond donors (Lipinski definition) is 6. The Hall–Kier alpha value is -3.51. The zero-order valence-electron chi connectivity index (χ0n) is 10.9. The van der Waals surface area contributed by atoms with Crippen LogP contribution >= 0.6 is 0 Å². The molecule has 0 saturated carbocycles. The normalized spacial score (nSPS) is 9.14. The van der Waals surface area contributed by atoms with E-state index in [2.05, 4.69) is 0 Å². The third kappa shape index (κ3) is 2.67. The third-order valence-corrected chi connectivity index (χ3v) is 2.64. The quantitative estimate of drug-likeness (QED) is 0.195. The average Bonchev–Trinajstić information content (AvgIpc) is 2.57. The van der Waals surface area contributed by atoms with Gasteiger partial charge in [-0.2, -0.15) is 10.5 Å². The first kappa shape index (κ1) is 16.5. The minimum absolute atomic E-state index is 0.341. The number of hydrazine groups is 3. The largest absolute Gasteiger partial charge is 0.290 e. The highest BCUT2D eigenvalue weighted by atomic mass is 16.2. The van der Waals surface area contributed by atoms with Crippen molar-refractivity contribution in [1.82, 2.24) is 16.3 Å². The van der Waals surface area contributed by atoms with Crippen LogP contribution < -0.4 is 33.8 Å². The summed E-state index contributed by atoms with van der Waals surface area (Å²) in [4.78, 5) is 35.6. The van der Waals surface area contributed by atoms with Crippen molar-refractivity contribution in [3.05, 3.63) is 33.9 Å². The molecule has 1 aromatic rings. The Labute approximate surface area is 123 Å². The van der Waals surface area contributed by atoms with Gasteiger partial charge < -0.3 is 0 Å². The Balaban J connectivity index is 4.03. The lowest BCUT2D eigenvalue weighted by Crippen LogP contribution is -2.39. The van der Waals surface area contributed by atoms with Gasteiger partial charge in [0.2, 0.25) is 0 Å². The number of nitrogens with zero attached hydrogens (tertiary/aromatic N) is 2. The average molecular weight is 302 g/mol. The molecule has 11 nitrogen and oxygen atoms in total. The van der Waals surface area contributed by atoms with Gasteiger partial charge in [0.15, 0.2) is 0 Å². The minimum Gasteiger partial charge on any atom is -0.290 e. The number of nitrogens with one attached hydrogen (secondary N) is 3. The fourth-order valence-corrected chi connectivity index (χ4v) is 1.77. The summed E-state index contributed by atoms with van der Waals surface area (Å²) < 4.78 is 0. The van der Waals surface area contributed by atoms with Crippen LogP contribution in [-0.2, 0) is 0 Å². The molecule has 1 aromatic carbocycles. The molecule has 0 unspecified atom stereocenters. The van der Waals surface area contributed by atoms with Gasteiger partial charge in [-0.25, -0.2) is 17.5 Å². The van der Waals surface area contributed by atoms with Crippen LogP contribution in [0.4, 0.5) is 0 Å². The molecule has 0 aliphatic rings. The van der Waals surface area contributed by atoms with E-state index in [1.165, 1.54) is 0 Å². The molecular formula is C11H10N8O3. The van der Waals surface area contributed by atoms with Crippen LogP contribution in [0.1, 0.15) is 42.2 Å². The van der Waals surface area contributed by atoms with Gasteiger partial charge in [0.25, 0.3) is 17.7 Å². The maximum Gasteiger partial charge on any atom is 0.267 e. The summed E-state index contributed by atoms with van der Waals surface area (Å²) in [7, 11) is 0. The summed E-state index contributed by atoms with van der Waals surface area (Å²) in [6.45, 7) is 0. The first-order chi connectivity index (χ1) is 10.5. The van der Waals surface area contributed by atoms with Gasteiger partial charge in [0.05, 0.1) is 27.8 Å². The van der Waals surface area contributed by atoms with Crippen LogP contribution in [0.25, 0.3) is 0 Å². The second-order valence-electron chi connectivity index (χ2n) is 3.74. The fraction of sp³-hybridized carbons (Fsp3) is 0. The van der Waals surface area contributed by atoms with Crippen LogP contribution in [-0.4, -0.2) is 17.7 Å². The zero-order valence-corrected chi connectivity index (χ0v) is 10.9. The van der Waals surface area contributed by atoms with Crippen molar-refractivity contribution in [2.75, 3.05) is 0 Å². The molecule has 0 saturated heterocycles. The van der Waals surface area contributed by atoms with Crippen LogP contribution in [0.3, 0.4) is 0 Å². The molecule has 0 spiro atoms. The molecule has 112 valence electrons. The maximum absolute atomic E-state index is 11.9. The topological polar surface area (TPSA) is 213 Å². The van der Waals surface area contributed by atoms with Gasteiger partial charge in [-0.15, -0.1) is 0 Å². The van der Waals surface area contributed by atoms with Gasteiger partial charge in [-0.1, -0.05) is 0 Å². The second-order valence-corrected chi connectivity index (χ2v) is 3.74. The molecular weight excluding hydrogens is 292 g/mol. The van der Waals surface area contributed by atoms with Gasteiger partial charge in [0, 0.05) is 0 Å². The molecule has 3 amide bonds. The lowest BCUT2D eigenvalue weighted by molar-refractivity contribution is 0.0905. The van der Waals surface area contributed by atoms with Crippen molar-refractivity contribution >= 4 is 17.7 Å². The lowest BCUT2D eigenvalue weighted by atomic mass is 9.90. The smallest absolute Gasteiger partial charge is 0.267 e. The maximum atomic E-state index is 11.9. The van der Waals surface area contributed by atoms with Crippen LogP contribution in [0.5, 0.6) is 0 Å². The van der Waals surface area contributed by atoms with E-state index in [0.29, 0.717) is 0 Å². The molecule has 0 aliphatic heterocycles. The van der Waals surface area contributed by atoms with Crippen molar-refractivity contribution < 1.29 is 14.4 Å². The molecule has 11 heteroatoms. The third-order valence-electron chi connectivity index (χ3n) is 2.64. The number of nitrogens with two attached hydrogens (primary N) is 3. The van der Waals surface area contributed by atoms with Gasteiger partial charge in [-0.05, 0) is 6.07 Å². The number of amides is 3. The summed E-state index contributed by atoms with van der Waals surface area (Å²) in [5.41, 5.74) is 2.91. The van der Waals surface area contributed by atoms with Crippen LogP contribution in [0.2, 0.25) is 0 Å². The predicted molar refractivity (Wildman–Crippen MR) is 70.8 cm³/mol. The van der Waals surface area contributed by atoms with E-state index < -0.39 is 34.4 Å². The van der Waals surface area contributed by atoms with Crippen LogP contribution in [0, 0.1) is 22.7 Å². The Morgan fingerprint density at radius 2 is 1.09 bits per heavy atom. The molecule has 0 fully saturated rings. The van der Waals surface area contributed by atoms with Crippen molar-refractivity contribution in [2.24, 2.45) is 17.5 Å². The summed E-state index contributed by atoms with van der Waals surface area (Å²) >= 11 is 0. The highest BCUT2D eigenvalue weighted by Gasteiger charge is 2.30. The van der Waals surface area contributed by atoms with E-state index in [4.69, 9.17) is 28.1 Å². The van der Waals surface area contributed by atoms with Crippen LogP contribution in [0.15, 0.2) is 6.07 Å². The molecule has 9 N–H and O–H groups in total. The summed E-state index contributed by atoms with van der Waals surface area (Å²) in [5.74, 6) is 11.9. The molecule has 1 rings (SSSR count). The summed E-state index contributed by atoms with van der Waals surface area (Å²) in [6, 6.07) is 4.24. The monoisotopic (exact) mass is 302 g/mol. The van der Waals surface area contributed by atoms with Crippen molar-refractivity contribution in [2.45, 2.75) is 0 Å². The second kappa shape index (κ2) is 6.78. The summed E-state index contributed by atoms with van der Waals surface area (Å²) in [5, 5.41) is 18.2. The van der Waals surface area contributed by atoms with Crippen molar-refractivity contribution in [3.63, 3.8) is 0 Å². The number of carbonyl (C=O) groups is 3. The Bertz CT molecular complexity index is 691. The van der Waals surface area contributed by atoms with Gasteiger partial charge >= 0.3 is 0 Å². The standard InChI is InChI=1S/C11H10N8O3/c12-2-4-1-5(3-13)7(10(21)18-15)8(11(22)19-16)6(4)9(20)17-14/h1H,14-16H2,(H,17,20)(H,18,21)(H,19,22). The van der Waals surface area contributed by atoms with E-state index >= 15 is 0 Å². The van der Waals surface area contributed by atoms with E-state index in [1.54, 1.807) is 28.4 Å². The first-order valence-corrected chi connectivity index (χ1v) is 5.50. The van der Waals surface area contributed by atoms with Gasteiger partial charge in [-0.3, -0.25) is 30.7 Å². The van der Waals surface area contributed by atoms with E-state index in [1.807, 2.05) is 0 Å². The molecule has 22 heavy (non-hydrogen) atoms. The molecule has 0 aliphatic carbocycles. The number of rotatable bonds is 3. The molecule has 0 aromatic heterocycles. The number of benzene rings is 1. The molecule has 0 radical (unpaired) electrons. The Morgan fingerprint density at radius 3 is 1.36 bits per heavy atom. The Kier molecular flexibility index (Phi) is 5.10. The fourth-order valence-electron chi connectivity index (χ4n) is 1.77. The number of nitriles is 2. The molecule has 0 heterocycles. The number of hydrogen-bond acceptors (Lipinski definition) is 8. The molecule has 0 bridgehead atoms. The zero-order chi connectivity index (χ0) is 16.9. The first-order valence-electron chi connectivity index (χ1n) is 5.50. The Morgan fingerprint density at radius 1 is 0.773 bits per heavy atom. The number of nitrogen functional groups attached to an aromatic ring is 3. The van der Waals surface area contributed by atoms with E-state index in [9.17, 15) is 14.4 Å².